The Morgan fingerprint density at radius 2 is 1.62 bits per heavy atom. The molecule has 0 radical (unpaired) electrons. The van der Waals surface area contributed by atoms with Crippen LogP contribution in [0.2, 0.25) is 0 Å². The van der Waals surface area contributed by atoms with Gasteiger partial charge in [0.15, 0.2) is 0 Å². The third-order valence-corrected chi connectivity index (χ3v) is 4.05. The molecule has 0 fully saturated rings. The van der Waals surface area contributed by atoms with E-state index < -0.39 is 0 Å². The van der Waals surface area contributed by atoms with Gasteiger partial charge in [-0.15, -0.1) is 0 Å². The van der Waals surface area contributed by atoms with Crippen LogP contribution in [-0.4, -0.2) is 6.54 Å². The maximum Gasteiger partial charge on any atom is 0.0629 e. The van der Waals surface area contributed by atoms with Gasteiger partial charge in [-0.1, -0.05) is 42.1 Å². The number of unbranched alkanes of at least 4 members (excludes halogenated alkanes) is 3. The Labute approximate surface area is 123 Å². The molecule has 1 rings (SSSR count). The highest BCUT2D eigenvalue weighted by Crippen LogP contribution is 2.34. The summed E-state index contributed by atoms with van der Waals surface area (Å²) in [6, 6.07) is 4.11. The molecule has 0 spiro atoms. The number of nitrogens with one attached hydrogen (secondary N) is 1. The molecule has 90 valence electrons. The molecule has 1 nitrogen and oxygen atoms in total. The van der Waals surface area contributed by atoms with Gasteiger partial charge >= 0.3 is 0 Å². The third-order valence-electron chi connectivity index (χ3n) is 2.34. The summed E-state index contributed by atoms with van der Waals surface area (Å²) in [5.74, 6) is 0. The fraction of sp³-hybridized carbons (Fsp3) is 0.500. The summed E-state index contributed by atoms with van der Waals surface area (Å²) < 4.78 is 3.25. The second-order valence-electron chi connectivity index (χ2n) is 3.73. The zero-order valence-electron chi connectivity index (χ0n) is 9.32. The van der Waals surface area contributed by atoms with Crippen LogP contribution in [0.15, 0.2) is 25.6 Å². The van der Waals surface area contributed by atoms with Crippen molar-refractivity contribution >= 4 is 53.5 Å². The Morgan fingerprint density at radius 3 is 2.19 bits per heavy atom. The first-order valence-electron chi connectivity index (χ1n) is 5.53. The zero-order chi connectivity index (χ0) is 12.0. The van der Waals surface area contributed by atoms with Crippen LogP contribution in [0.5, 0.6) is 0 Å². The van der Waals surface area contributed by atoms with Crippen LogP contribution in [0.3, 0.4) is 0 Å². The third kappa shape index (κ3) is 4.76. The molecule has 0 saturated heterocycles. The van der Waals surface area contributed by atoms with E-state index in [4.69, 9.17) is 0 Å². The minimum absolute atomic E-state index is 1.03. The highest BCUT2D eigenvalue weighted by Gasteiger charge is 2.05. The van der Waals surface area contributed by atoms with E-state index in [1.54, 1.807) is 0 Å². The minimum atomic E-state index is 1.03. The van der Waals surface area contributed by atoms with Crippen LogP contribution in [0.25, 0.3) is 0 Å². The Kier molecular flexibility index (Phi) is 7.01. The maximum atomic E-state index is 3.56. The fourth-order valence-corrected chi connectivity index (χ4v) is 4.02. The van der Waals surface area contributed by atoms with Gasteiger partial charge in [-0.2, -0.15) is 0 Å². The average Bonchev–Trinajstić information content (AvgIpc) is 2.20. The molecule has 0 unspecified atom stereocenters. The van der Waals surface area contributed by atoms with Gasteiger partial charge in [0.1, 0.15) is 0 Å². The van der Waals surface area contributed by atoms with Crippen molar-refractivity contribution in [3.8, 4) is 0 Å². The van der Waals surface area contributed by atoms with Crippen molar-refractivity contribution in [2.24, 2.45) is 0 Å². The van der Waals surface area contributed by atoms with Crippen LogP contribution >= 0.6 is 47.8 Å². The average molecular weight is 414 g/mol. The predicted octanol–water partition coefficient (Wildman–Crippen LogP) is 5.97. The molecule has 0 amide bonds. The molecule has 0 aliphatic carbocycles. The van der Waals surface area contributed by atoms with E-state index in [1.165, 1.54) is 25.7 Å². The second-order valence-corrected chi connectivity index (χ2v) is 6.36. The van der Waals surface area contributed by atoms with E-state index in [9.17, 15) is 0 Å². The molecule has 1 aromatic carbocycles. The van der Waals surface area contributed by atoms with Gasteiger partial charge in [-0.25, -0.2) is 0 Å². The smallest absolute Gasteiger partial charge is 0.0629 e. The first-order chi connectivity index (χ1) is 7.65. The molecule has 0 atom stereocenters. The standard InChI is InChI=1S/C12H16Br3N/c1-2-3-4-5-6-16-12-10(14)7-9(13)8-11(12)15/h7-8,16H,2-6H2,1H3. The molecule has 0 bridgehead atoms. The van der Waals surface area contributed by atoms with Crippen molar-refractivity contribution in [2.75, 3.05) is 11.9 Å². The first kappa shape index (κ1) is 14.5. The number of halogens is 3. The summed E-state index contributed by atoms with van der Waals surface area (Å²) >= 11 is 10.6. The van der Waals surface area contributed by atoms with E-state index in [2.05, 4.69) is 72.2 Å². The van der Waals surface area contributed by atoms with Crippen molar-refractivity contribution in [3.63, 3.8) is 0 Å². The predicted molar refractivity (Wildman–Crippen MR) is 82.2 cm³/mol. The molecular formula is C12H16Br3N. The number of hydrogen-bond acceptors (Lipinski definition) is 1. The number of benzene rings is 1. The monoisotopic (exact) mass is 411 g/mol. The molecule has 16 heavy (non-hydrogen) atoms. The SMILES string of the molecule is CCCCCCNc1c(Br)cc(Br)cc1Br. The van der Waals surface area contributed by atoms with E-state index in [0.717, 1.165) is 25.7 Å². The molecule has 0 heterocycles. The van der Waals surface area contributed by atoms with E-state index in [1.807, 2.05) is 0 Å². The molecule has 1 N–H and O–H groups in total. The van der Waals surface area contributed by atoms with Crippen LogP contribution in [0, 0.1) is 0 Å². The summed E-state index contributed by atoms with van der Waals surface area (Å²) in [6.45, 7) is 3.26. The van der Waals surface area contributed by atoms with E-state index >= 15 is 0 Å². The van der Waals surface area contributed by atoms with Crippen LogP contribution in [-0.2, 0) is 0 Å². The molecule has 0 aliphatic rings. The number of anilines is 1. The maximum absolute atomic E-state index is 3.56. The van der Waals surface area contributed by atoms with Crippen molar-refractivity contribution < 1.29 is 0 Å². The molecular weight excluding hydrogens is 398 g/mol. The number of hydrogen-bond donors (Lipinski definition) is 1. The Balaban J connectivity index is 2.47. The Hall–Kier alpha value is 0.460. The van der Waals surface area contributed by atoms with Gasteiger partial charge in [0, 0.05) is 20.0 Å². The van der Waals surface area contributed by atoms with E-state index in [0.29, 0.717) is 0 Å². The molecule has 4 heteroatoms. The Morgan fingerprint density at radius 1 is 1.00 bits per heavy atom. The summed E-state index contributed by atoms with van der Waals surface area (Å²) in [7, 11) is 0. The van der Waals surface area contributed by atoms with Gasteiger partial charge in [-0.05, 0) is 50.4 Å². The molecule has 0 aliphatic heterocycles. The Bertz CT molecular complexity index is 316. The number of rotatable bonds is 6. The van der Waals surface area contributed by atoms with Gasteiger partial charge in [0.05, 0.1) is 5.69 Å². The zero-order valence-corrected chi connectivity index (χ0v) is 14.1. The van der Waals surface area contributed by atoms with Crippen LogP contribution in [0.4, 0.5) is 5.69 Å². The topological polar surface area (TPSA) is 12.0 Å². The van der Waals surface area contributed by atoms with Crippen molar-refractivity contribution in [1.82, 2.24) is 0 Å². The second kappa shape index (κ2) is 7.72. The van der Waals surface area contributed by atoms with Crippen molar-refractivity contribution in [1.29, 1.82) is 0 Å². The van der Waals surface area contributed by atoms with Gasteiger partial charge in [-0.3, -0.25) is 0 Å². The van der Waals surface area contributed by atoms with Gasteiger partial charge in [0.25, 0.3) is 0 Å². The van der Waals surface area contributed by atoms with Gasteiger partial charge < -0.3 is 5.32 Å². The van der Waals surface area contributed by atoms with Crippen molar-refractivity contribution in [3.05, 3.63) is 25.6 Å². The van der Waals surface area contributed by atoms with Crippen LogP contribution < -0.4 is 5.32 Å². The summed E-state index contributed by atoms with van der Waals surface area (Å²) in [6.07, 6.45) is 5.13. The van der Waals surface area contributed by atoms with Crippen LogP contribution in [0.1, 0.15) is 32.6 Å². The lowest BCUT2D eigenvalue weighted by Crippen LogP contribution is -2.02. The fourth-order valence-electron chi connectivity index (χ4n) is 1.48. The first-order valence-corrected chi connectivity index (χ1v) is 7.91. The summed E-state index contributed by atoms with van der Waals surface area (Å²) in [5.41, 5.74) is 1.14. The highest BCUT2D eigenvalue weighted by atomic mass is 79.9. The molecule has 0 aromatic heterocycles. The summed E-state index contributed by atoms with van der Waals surface area (Å²) in [4.78, 5) is 0. The molecule has 1 aromatic rings. The minimum Gasteiger partial charge on any atom is -0.383 e. The molecule has 0 saturated carbocycles. The lowest BCUT2D eigenvalue weighted by molar-refractivity contribution is 0.685. The van der Waals surface area contributed by atoms with Gasteiger partial charge in [0.2, 0.25) is 0 Å². The highest BCUT2D eigenvalue weighted by molar-refractivity contribution is 9.11. The lowest BCUT2D eigenvalue weighted by atomic mass is 10.2. The quantitative estimate of drug-likeness (QED) is 0.567. The largest absolute Gasteiger partial charge is 0.383 e. The normalized spacial score (nSPS) is 10.5. The summed E-state index contributed by atoms with van der Waals surface area (Å²) in [5, 5.41) is 3.45. The van der Waals surface area contributed by atoms with Crippen molar-refractivity contribution in [2.45, 2.75) is 32.6 Å². The lowest BCUT2D eigenvalue weighted by Gasteiger charge is -2.11. The van der Waals surface area contributed by atoms with E-state index in [-0.39, 0.29) is 0 Å².